The molecule has 0 unspecified atom stereocenters. The summed E-state index contributed by atoms with van der Waals surface area (Å²) in [5, 5.41) is 0.773. The van der Waals surface area contributed by atoms with Crippen LogP contribution in [-0.2, 0) is 6.54 Å². The first-order chi connectivity index (χ1) is 9.72. The molecule has 3 rings (SSSR count). The molecule has 0 saturated carbocycles. The van der Waals surface area contributed by atoms with Crippen molar-refractivity contribution in [2.75, 3.05) is 0 Å². The van der Waals surface area contributed by atoms with Gasteiger partial charge in [0.05, 0.1) is 0 Å². The second-order valence-electron chi connectivity index (χ2n) is 5.02. The van der Waals surface area contributed by atoms with Crippen LogP contribution in [0.2, 0.25) is 5.02 Å². The van der Waals surface area contributed by atoms with Gasteiger partial charge in [0, 0.05) is 29.5 Å². The molecule has 3 aromatic rings. The van der Waals surface area contributed by atoms with Crippen LogP contribution in [0.5, 0.6) is 0 Å². The van der Waals surface area contributed by atoms with Gasteiger partial charge in [-0.25, -0.2) is 0 Å². The van der Waals surface area contributed by atoms with Crippen molar-refractivity contribution in [1.29, 1.82) is 0 Å². The Morgan fingerprint density at radius 1 is 0.900 bits per heavy atom. The van der Waals surface area contributed by atoms with Gasteiger partial charge in [-0.2, -0.15) is 0 Å². The summed E-state index contributed by atoms with van der Waals surface area (Å²) in [6.07, 6.45) is 4.39. The maximum absolute atomic E-state index is 5.95. The number of benzene rings is 2. The monoisotopic (exact) mass is 281 g/mol. The van der Waals surface area contributed by atoms with E-state index in [9.17, 15) is 0 Å². The maximum Gasteiger partial charge on any atom is 0.0470 e. The van der Waals surface area contributed by atoms with Crippen molar-refractivity contribution >= 4 is 11.6 Å². The van der Waals surface area contributed by atoms with E-state index in [0.29, 0.717) is 0 Å². The van der Waals surface area contributed by atoms with Crippen LogP contribution in [0.3, 0.4) is 0 Å². The van der Waals surface area contributed by atoms with Crippen molar-refractivity contribution in [3.05, 3.63) is 83.1 Å². The van der Waals surface area contributed by atoms with E-state index in [-0.39, 0.29) is 0 Å². The molecule has 100 valence electrons. The summed E-state index contributed by atoms with van der Waals surface area (Å²) in [6.45, 7) is 3.04. The number of nitrogens with zero attached hydrogens (tertiary/aromatic N) is 1. The van der Waals surface area contributed by atoms with Crippen molar-refractivity contribution < 1.29 is 0 Å². The van der Waals surface area contributed by atoms with E-state index in [4.69, 9.17) is 11.6 Å². The molecule has 0 aliphatic heterocycles. The second kappa shape index (κ2) is 5.56. The molecule has 20 heavy (non-hydrogen) atoms. The lowest BCUT2D eigenvalue weighted by Crippen LogP contribution is -1.95. The number of rotatable bonds is 3. The van der Waals surface area contributed by atoms with E-state index in [2.05, 4.69) is 60.3 Å². The number of aryl methyl sites for hydroxylation is 1. The number of aromatic nitrogens is 1. The smallest absolute Gasteiger partial charge is 0.0470 e. The first kappa shape index (κ1) is 13.0. The van der Waals surface area contributed by atoms with Crippen LogP contribution in [0.1, 0.15) is 11.1 Å². The highest BCUT2D eigenvalue weighted by molar-refractivity contribution is 6.30. The molecule has 0 fully saturated rings. The van der Waals surface area contributed by atoms with Crippen molar-refractivity contribution in [1.82, 2.24) is 4.57 Å². The molecule has 0 aliphatic carbocycles. The van der Waals surface area contributed by atoms with Crippen LogP contribution in [0.15, 0.2) is 67.0 Å². The zero-order chi connectivity index (χ0) is 13.9. The Bertz CT molecular complexity index is 696. The third-order valence-corrected chi connectivity index (χ3v) is 3.69. The van der Waals surface area contributed by atoms with E-state index >= 15 is 0 Å². The average Bonchev–Trinajstić information content (AvgIpc) is 2.81. The zero-order valence-electron chi connectivity index (χ0n) is 11.4. The van der Waals surface area contributed by atoms with Crippen LogP contribution in [-0.4, -0.2) is 4.57 Å². The molecule has 2 heteroatoms. The average molecular weight is 282 g/mol. The SMILES string of the molecule is Cc1cn(Cc2ccccc2)cc1-c1ccc(Cl)cc1. The molecule has 0 radical (unpaired) electrons. The Labute approximate surface area is 124 Å². The van der Waals surface area contributed by atoms with E-state index in [1.54, 1.807) is 0 Å². The van der Waals surface area contributed by atoms with Crippen molar-refractivity contribution in [2.24, 2.45) is 0 Å². The molecule has 1 aromatic heterocycles. The Kier molecular flexibility index (Phi) is 3.62. The molecule has 0 N–H and O–H groups in total. The summed E-state index contributed by atoms with van der Waals surface area (Å²) >= 11 is 5.95. The third kappa shape index (κ3) is 2.78. The molecule has 1 heterocycles. The summed E-state index contributed by atoms with van der Waals surface area (Å²) in [5.41, 5.74) is 5.06. The lowest BCUT2D eigenvalue weighted by Gasteiger charge is -2.02. The lowest BCUT2D eigenvalue weighted by molar-refractivity contribution is 0.805. The first-order valence-electron chi connectivity index (χ1n) is 6.68. The predicted octanol–water partition coefficient (Wildman–Crippen LogP) is 5.17. The molecule has 0 bridgehead atoms. The molecule has 0 spiro atoms. The van der Waals surface area contributed by atoms with Crippen LogP contribution in [0.25, 0.3) is 11.1 Å². The zero-order valence-corrected chi connectivity index (χ0v) is 12.1. The summed E-state index contributed by atoms with van der Waals surface area (Å²) in [4.78, 5) is 0. The van der Waals surface area contributed by atoms with E-state index in [1.165, 1.54) is 22.3 Å². The molecule has 0 atom stereocenters. The number of hydrogen-bond acceptors (Lipinski definition) is 0. The van der Waals surface area contributed by atoms with E-state index < -0.39 is 0 Å². The summed E-state index contributed by atoms with van der Waals surface area (Å²) in [7, 11) is 0. The first-order valence-corrected chi connectivity index (χ1v) is 7.06. The van der Waals surface area contributed by atoms with Gasteiger partial charge in [0.25, 0.3) is 0 Å². The molecular formula is C18H16ClN. The van der Waals surface area contributed by atoms with Crippen LogP contribution in [0.4, 0.5) is 0 Å². The Hall–Kier alpha value is -1.99. The molecular weight excluding hydrogens is 266 g/mol. The fourth-order valence-corrected chi connectivity index (χ4v) is 2.57. The highest BCUT2D eigenvalue weighted by atomic mass is 35.5. The van der Waals surface area contributed by atoms with Gasteiger partial charge >= 0.3 is 0 Å². The highest BCUT2D eigenvalue weighted by Crippen LogP contribution is 2.26. The Morgan fingerprint density at radius 2 is 1.60 bits per heavy atom. The number of hydrogen-bond donors (Lipinski definition) is 0. The van der Waals surface area contributed by atoms with Crippen LogP contribution >= 0.6 is 11.6 Å². The standard InChI is InChI=1S/C18H16ClN/c1-14-11-20(12-15-5-3-2-4-6-15)13-18(14)16-7-9-17(19)10-8-16/h2-11,13H,12H2,1H3. The second-order valence-corrected chi connectivity index (χ2v) is 5.46. The fraction of sp³-hybridized carbons (Fsp3) is 0.111. The normalized spacial score (nSPS) is 10.7. The van der Waals surface area contributed by atoms with Gasteiger partial charge in [0.1, 0.15) is 0 Å². The summed E-state index contributed by atoms with van der Waals surface area (Å²) < 4.78 is 2.23. The third-order valence-electron chi connectivity index (χ3n) is 3.44. The van der Waals surface area contributed by atoms with Crippen LogP contribution < -0.4 is 0 Å². The Morgan fingerprint density at radius 3 is 2.30 bits per heavy atom. The fourth-order valence-electron chi connectivity index (χ4n) is 2.44. The molecule has 0 aliphatic rings. The summed E-state index contributed by atoms with van der Waals surface area (Å²) in [5.74, 6) is 0. The van der Waals surface area contributed by atoms with Gasteiger partial charge in [-0.15, -0.1) is 0 Å². The van der Waals surface area contributed by atoms with Gasteiger partial charge in [-0.3, -0.25) is 0 Å². The van der Waals surface area contributed by atoms with Crippen LogP contribution in [0, 0.1) is 6.92 Å². The largest absolute Gasteiger partial charge is 0.349 e. The van der Waals surface area contributed by atoms with Gasteiger partial charge < -0.3 is 4.57 Å². The molecule has 0 amide bonds. The minimum Gasteiger partial charge on any atom is -0.349 e. The summed E-state index contributed by atoms with van der Waals surface area (Å²) in [6, 6.07) is 18.5. The molecule has 2 aromatic carbocycles. The van der Waals surface area contributed by atoms with Gasteiger partial charge in [-0.05, 0) is 35.7 Å². The van der Waals surface area contributed by atoms with Gasteiger partial charge in [0.15, 0.2) is 0 Å². The maximum atomic E-state index is 5.95. The molecule has 0 saturated heterocycles. The van der Waals surface area contributed by atoms with E-state index in [1.807, 2.05) is 18.2 Å². The minimum absolute atomic E-state index is 0.773. The van der Waals surface area contributed by atoms with Gasteiger partial charge in [-0.1, -0.05) is 54.1 Å². The van der Waals surface area contributed by atoms with Crippen molar-refractivity contribution in [3.8, 4) is 11.1 Å². The van der Waals surface area contributed by atoms with E-state index in [0.717, 1.165) is 11.6 Å². The lowest BCUT2D eigenvalue weighted by atomic mass is 10.1. The minimum atomic E-state index is 0.773. The topological polar surface area (TPSA) is 4.93 Å². The predicted molar refractivity (Wildman–Crippen MR) is 85.2 cm³/mol. The van der Waals surface area contributed by atoms with Gasteiger partial charge in [0.2, 0.25) is 0 Å². The van der Waals surface area contributed by atoms with Crippen molar-refractivity contribution in [2.45, 2.75) is 13.5 Å². The van der Waals surface area contributed by atoms with Crippen molar-refractivity contribution in [3.63, 3.8) is 0 Å². The quantitative estimate of drug-likeness (QED) is 0.624. The molecule has 1 nitrogen and oxygen atoms in total. The number of halogens is 1. The Balaban J connectivity index is 1.89. The highest BCUT2D eigenvalue weighted by Gasteiger charge is 2.06.